The molecule has 13 aliphatic rings. The summed E-state index contributed by atoms with van der Waals surface area (Å²) in [6.07, 6.45) is 11.4. The molecule has 21 rings (SSSR count). The molecule has 26 heteroatoms. The van der Waals surface area contributed by atoms with Crippen molar-refractivity contribution < 1.29 is 62.0 Å². The summed E-state index contributed by atoms with van der Waals surface area (Å²) in [5.41, 5.74) is 24.0. The minimum Gasteiger partial charge on any atom is -0.454 e. The summed E-state index contributed by atoms with van der Waals surface area (Å²) in [5.74, 6) is 0.256. The quantitative estimate of drug-likeness (QED) is 0.0415. The molecule has 0 aromatic heterocycles. The molecule has 0 saturated carbocycles. The molecular weight excluding hydrogens is 1600 g/mol. The van der Waals surface area contributed by atoms with Crippen molar-refractivity contribution in [3.8, 4) is 0 Å². The molecule has 7 saturated heterocycles. The number of ketones is 1. The third kappa shape index (κ3) is 24.0. The molecule has 11 N–H and O–H groups in total. The molecular formula is C101H131N13O13. The molecule has 678 valence electrons. The van der Waals surface area contributed by atoms with E-state index >= 15 is 0 Å². The fourth-order valence-corrected chi connectivity index (χ4v) is 18.7. The maximum Gasteiger partial charge on any atom is 0.412 e. The number of benzene rings is 8. The van der Waals surface area contributed by atoms with E-state index in [1.165, 1.54) is 44.6 Å². The van der Waals surface area contributed by atoms with E-state index in [0.29, 0.717) is 18.6 Å². The number of Topliss-reactive ketones (excluding diaryl/α,β-unsaturated/α-hetero) is 1. The standard InChI is InChI=1S/C14H18N2O2.C14H17NO2.2C13H16N2O2.C13H15NO2.C12H14N2O2.C8H11N.C7H9N.C6H11NO.CH4/c1-10-3-4-12-11(9-10)14(18-13(17)15-12)5-7-16(2)8-6-14;1-10-2-3-11-9-13(16)17-14(12(11)8-10)4-6-15-7-5-14;1-9-2-3-11-10(8-9)13(17-12(16)15-11)4-6-14-7-5-13;1-15-8-6-13(7-9-15)10-4-2-3-5-11(10)14-12(16)17-13;15-12-9-10-3-1-2-4-11(10)13(16-12)5-7-14-8-6-13;15-11-14-10-4-2-1-3-9(10)12(16-11)5-7-13-8-6-12;1-7-3-5-8(9-2)6-4-7;1-6-2-4-7(8)5-3-6;1-7-4-2-6(8)3-5-7;/h3-4,9H,5-8H2,1-2H3,(H,15,17);2-3,8,15H,4-7,9H2,1H3;2-3,8,14H,4-7H2,1H3,(H,15,16);2-5H,6-9H2,1H3,(H,14,16);1-4,14H,5-9H2;1-4,13H,5-8H2,(H,14,15);3-6,9H,1-2H3;2-5H,8H2,1H3;2-5H2,1H3;1H4. The first-order chi connectivity index (χ1) is 60.7. The van der Waals surface area contributed by atoms with E-state index < -0.39 is 22.4 Å². The summed E-state index contributed by atoms with van der Waals surface area (Å²) in [5, 5.41) is 27.4. The Morgan fingerprint density at radius 3 is 0.992 bits per heavy atom. The molecule has 8 aromatic carbocycles. The first kappa shape index (κ1) is 94.9. The number of aryl methyl sites for hydroxylation is 5. The second-order valence-electron chi connectivity index (χ2n) is 35.3. The molecule has 4 amide bonds. The number of anilines is 6. The van der Waals surface area contributed by atoms with Crippen LogP contribution in [-0.2, 0) is 89.3 Å². The van der Waals surface area contributed by atoms with Gasteiger partial charge in [-0.2, -0.15) is 0 Å². The Kier molecular flexibility index (Phi) is 32.2. The van der Waals surface area contributed by atoms with Crippen molar-refractivity contribution in [2.24, 2.45) is 0 Å². The molecule has 0 radical (unpaired) electrons. The lowest BCUT2D eigenvalue weighted by Crippen LogP contribution is -2.47. The monoisotopic (exact) mass is 1730 g/mol. The summed E-state index contributed by atoms with van der Waals surface area (Å²) in [6, 6.07) is 58.7. The number of fused-ring (bicyclic) bond motifs is 12. The van der Waals surface area contributed by atoms with Crippen molar-refractivity contribution in [3.05, 3.63) is 248 Å². The first-order valence-corrected chi connectivity index (χ1v) is 44.7. The van der Waals surface area contributed by atoms with Gasteiger partial charge < -0.3 is 75.4 Å². The Balaban J connectivity index is 0.000000131. The van der Waals surface area contributed by atoms with Crippen LogP contribution in [-0.4, -0.2) is 177 Å². The van der Waals surface area contributed by atoms with Gasteiger partial charge in [0.2, 0.25) is 0 Å². The van der Waals surface area contributed by atoms with Crippen molar-refractivity contribution in [2.45, 2.75) is 178 Å². The van der Waals surface area contributed by atoms with Gasteiger partial charge in [-0.05, 0) is 191 Å². The smallest absolute Gasteiger partial charge is 0.412 e. The summed E-state index contributed by atoms with van der Waals surface area (Å²) in [6.45, 7) is 23.3. The Morgan fingerprint density at radius 1 is 0.315 bits per heavy atom. The maximum absolute atomic E-state index is 11.7. The number of hydrogen-bond donors (Lipinski definition) is 10. The molecule has 0 atom stereocenters. The van der Waals surface area contributed by atoms with Gasteiger partial charge in [0.15, 0.2) is 0 Å². The molecule has 8 aromatic rings. The lowest BCUT2D eigenvalue weighted by molar-refractivity contribution is -0.167. The Labute approximate surface area is 749 Å². The van der Waals surface area contributed by atoms with Crippen molar-refractivity contribution in [3.63, 3.8) is 0 Å². The number of nitrogens with two attached hydrogens (primary N) is 1. The number of piperidine rings is 7. The lowest BCUT2D eigenvalue weighted by atomic mass is 9.79. The SMILES string of the molecule is C.CN1CCC(=O)CC1.CN1CCC2(CC1)OC(=O)Nc1ccccc12.CNc1ccc(C)cc1.Cc1ccc(N)cc1.Cc1ccc2c(c1)C1(CCN(C)CC1)OC(=O)N2.Cc1ccc2c(c1)C1(CCNCC1)OC(=O)C2.Cc1ccc2c(c1)C1(CCNCC1)OC(=O)N2.O=C1Cc2ccccc2C2(CCNCC2)O1.O=C1Nc2ccccc2C2(CCNCC2)O1. The van der Waals surface area contributed by atoms with Gasteiger partial charge >= 0.3 is 36.3 Å². The first-order valence-electron chi connectivity index (χ1n) is 44.7. The van der Waals surface area contributed by atoms with Gasteiger partial charge in [0, 0.05) is 170 Å². The number of nitrogen functional groups attached to an aromatic ring is 1. The largest absolute Gasteiger partial charge is 0.454 e. The highest BCUT2D eigenvalue weighted by molar-refractivity contribution is 5.91. The van der Waals surface area contributed by atoms with E-state index in [-0.39, 0.29) is 54.9 Å². The average molecular weight is 1740 g/mol. The van der Waals surface area contributed by atoms with E-state index in [0.717, 1.165) is 243 Å². The highest BCUT2D eigenvalue weighted by Crippen LogP contribution is 2.48. The number of para-hydroxylation sites is 2. The third-order valence-electron chi connectivity index (χ3n) is 26.0. The number of esters is 2. The number of likely N-dealkylation sites (tertiary alicyclic amines) is 3. The molecule has 0 bridgehead atoms. The van der Waals surface area contributed by atoms with Gasteiger partial charge in [0.1, 0.15) is 39.4 Å². The van der Waals surface area contributed by atoms with E-state index in [4.69, 9.17) is 34.2 Å². The zero-order valence-electron chi connectivity index (χ0n) is 74.7. The molecule has 13 aliphatic heterocycles. The van der Waals surface area contributed by atoms with Crippen molar-refractivity contribution in [1.82, 2.24) is 36.0 Å². The zero-order valence-corrected chi connectivity index (χ0v) is 74.7. The van der Waals surface area contributed by atoms with E-state index in [2.05, 4.69) is 171 Å². The predicted molar refractivity (Wildman–Crippen MR) is 500 cm³/mol. The van der Waals surface area contributed by atoms with Crippen LogP contribution in [0, 0.1) is 34.6 Å². The van der Waals surface area contributed by atoms with Crippen LogP contribution in [0.5, 0.6) is 0 Å². The van der Waals surface area contributed by atoms with E-state index in [9.17, 15) is 33.6 Å². The van der Waals surface area contributed by atoms with Gasteiger partial charge in [-0.25, -0.2) is 19.2 Å². The number of carbonyl (C=O) groups is 7. The van der Waals surface area contributed by atoms with Gasteiger partial charge in [-0.1, -0.05) is 151 Å². The summed E-state index contributed by atoms with van der Waals surface area (Å²) in [4.78, 5) is 87.2. The number of rotatable bonds is 1. The van der Waals surface area contributed by atoms with Crippen LogP contribution in [0.2, 0.25) is 0 Å². The van der Waals surface area contributed by atoms with Gasteiger partial charge in [-0.15, -0.1) is 0 Å². The predicted octanol–water partition coefficient (Wildman–Crippen LogP) is 16.2. The van der Waals surface area contributed by atoms with Crippen LogP contribution in [0.1, 0.15) is 170 Å². The van der Waals surface area contributed by atoms with Crippen molar-refractivity contribution >= 4 is 76.2 Å². The number of hydrogen-bond acceptors (Lipinski definition) is 22. The average Bonchev–Trinajstić information content (AvgIpc) is 0.764. The summed E-state index contributed by atoms with van der Waals surface area (Å²) in [7, 11) is 8.17. The molecule has 13 heterocycles. The summed E-state index contributed by atoms with van der Waals surface area (Å²) < 4.78 is 33.8. The van der Waals surface area contributed by atoms with Crippen LogP contribution in [0.4, 0.5) is 53.3 Å². The molecule has 127 heavy (non-hydrogen) atoms. The minimum absolute atomic E-state index is 0. The van der Waals surface area contributed by atoms with Crippen LogP contribution < -0.4 is 53.6 Å². The highest BCUT2D eigenvalue weighted by atomic mass is 16.6. The molecule has 6 spiro atoms. The van der Waals surface area contributed by atoms with Crippen LogP contribution in [0.25, 0.3) is 0 Å². The summed E-state index contributed by atoms with van der Waals surface area (Å²) >= 11 is 0. The van der Waals surface area contributed by atoms with E-state index in [1.807, 2.05) is 130 Å². The highest BCUT2D eigenvalue weighted by Gasteiger charge is 2.49. The topological polar surface area (TPSA) is 319 Å². The van der Waals surface area contributed by atoms with Gasteiger partial charge in [0.05, 0.1) is 35.6 Å². The third-order valence-corrected chi connectivity index (χ3v) is 26.0. The molecule has 26 nitrogen and oxygen atoms in total. The Bertz CT molecular complexity index is 4900. The lowest BCUT2D eigenvalue weighted by Gasteiger charge is -2.43. The van der Waals surface area contributed by atoms with Crippen molar-refractivity contribution in [2.75, 3.05) is 152 Å². The molecule has 7 fully saturated rings. The number of nitrogens with one attached hydrogen (secondary N) is 9. The fraction of sp³-hybridized carbons (Fsp3) is 0.455. The number of ether oxygens (including phenoxy) is 6. The van der Waals surface area contributed by atoms with Crippen molar-refractivity contribution in [1.29, 1.82) is 0 Å². The Hall–Kier alpha value is -11.2. The zero-order chi connectivity index (χ0) is 89.1. The van der Waals surface area contributed by atoms with Crippen LogP contribution in [0.15, 0.2) is 176 Å². The van der Waals surface area contributed by atoms with Crippen LogP contribution in [0.3, 0.4) is 0 Å². The number of amides is 4. The Morgan fingerprint density at radius 2 is 0.606 bits per heavy atom. The molecule has 0 unspecified atom stereocenters. The number of carbonyl (C=O) groups excluding carboxylic acids is 7. The van der Waals surface area contributed by atoms with Gasteiger partial charge in [0.25, 0.3) is 0 Å². The maximum atomic E-state index is 11.7. The normalized spacial score (nSPS) is 20.4. The fourth-order valence-electron chi connectivity index (χ4n) is 18.7. The second kappa shape index (κ2) is 43.0. The minimum atomic E-state index is -0.422. The second-order valence-corrected chi connectivity index (χ2v) is 35.3. The van der Waals surface area contributed by atoms with Crippen LogP contribution >= 0.6 is 0 Å². The van der Waals surface area contributed by atoms with Gasteiger partial charge in [-0.3, -0.25) is 35.7 Å². The van der Waals surface area contributed by atoms with E-state index in [1.54, 1.807) is 0 Å². The number of nitrogens with zero attached hydrogens (tertiary/aromatic N) is 3. The molecule has 0 aliphatic carbocycles.